The summed E-state index contributed by atoms with van der Waals surface area (Å²) in [6, 6.07) is 9.48. The Labute approximate surface area is 109 Å². The molecule has 0 bridgehead atoms. The van der Waals surface area contributed by atoms with E-state index >= 15 is 0 Å². The maximum absolute atomic E-state index is 5.88. The average molecular weight is 243 g/mol. The van der Waals surface area contributed by atoms with Crippen molar-refractivity contribution in [3.8, 4) is 5.75 Å². The standard InChI is InChI=1S/C16H21NO/c1-11-10-18-15-5-3-2-4-14(15)16(11)8-12(16)9-17-13-6-7-13/h2-5,11-13,17H,6-10H2,1H3. The number of hydrogen-bond donors (Lipinski definition) is 1. The Morgan fingerprint density at radius 2 is 2.17 bits per heavy atom. The molecule has 1 heterocycles. The summed E-state index contributed by atoms with van der Waals surface area (Å²) in [5.74, 6) is 2.60. The van der Waals surface area contributed by atoms with Gasteiger partial charge in [-0.2, -0.15) is 0 Å². The highest BCUT2D eigenvalue weighted by Gasteiger charge is 2.60. The highest BCUT2D eigenvalue weighted by atomic mass is 16.5. The minimum absolute atomic E-state index is 0.413. The lowest BCUT2D eigenvalue weighted by Crippen LogP contribution is -2.33. The van der Waals surface area contributed by atoms with Gasteiger partial charge in [-0.05, 0) is 37.8 Å². The molecule has 3 unspecified atom stereocenters. The van der Waals surface area contributed by atoms with Gasteiger partial charge in [-0.15, -0.1) is 0 Å². The van der Waals surface area contributed by atoms with Crippen LogP contribution in [0.15, 0.2) is 24.3 Å². The van der Waals surface area contributed by atoms with Gasteiger partial charge in [0.1, 0.15) is 5.75 Å². The molecule has 2 fully saturated rings. The fourth-order valence-electron chi connectivity index (χ4n) is 3.74. The Balaban J connectivity index is 1.59. The van der Waals surface area contributed by atoms with Gasteiger partial charge in [0.05, 0.1) is 6.61 Å². The van der Waals surface area contributed by atoms with E-state index in [9.17, 15) is 0 Å². The van der Waals surface area contributed by atoms with Gasteiger partial charge in [-0.25, -0.2) is 0 Å². The van der Waals surface area contributed by atoms with Crippen LogP contribution in [-0.2, 0) is 5.41 Å². The van der Waals surface area contributed by atoms with Gasteiger partial charge in [0.15, 0.2) is 0 Å². The lowest BCUT2D eigenvalue weighted by Gasteiger charge is -2.33. The Kier molecular flexibility index (Phi) is 2.25. The summed E-state index contributed by atoms with van der Waals surface area (Å²) < 4.78 is 5.88. The number of benzene rings is 1. The van der Waals surface area contributed by atoms with Crippen LogP contribution in [0.25, 0.3) is 0 Å². The van der Waals surface area contributed by atoms with Crippen molar-refractivity contribution in [2.24, 2.45) is 11.8 Å². The molecule has 0 radical (unpaired) electrons. The quantitative estimate of drug-likeness (QED) is 0.881. The Hall–Kier alpha value is -1.02. The van der Waals surface area contributed by atoms with Crippen molar-refractivity contribution in [3.05, 3.63) is 29.8 Å². The maximum atomic E-state index is 5.88. The zero-order valence-corrected chi connectivity index (χ0v) is 11.0. The molecule has 2 nitrogen and oxygen atoms in total. The summed E-state index contributed by atoms with van der Waals surface area (Å²) in [5.41, 5.74) is 1.88. The number of rotatable bonds is 3. The van der Waals surface area contributed by atoms with Gasteiger partial charge in [0, 0.05) is 22.9 Å². The van der Waals surface area contributed by atoms with Gasteiger partial charge in [-0.3, -0.25) is 0 Å². The zero-order valence-electron chi connectivity index (χ0n) is 11.0. The molecule has 0 amide bonds. The third-order valence-electron chi connectivity index (χ3n) is 5.14. The van der Waals surface area contributed by atoms with E-state index in [1.165, 1.54) is 31.4 Å². The SMILES string of the molecule is CC1COc2ccccc2C12CC2CNC1CC1. The molecule has 0 aromatic heterocycles. The zero-order chi connectivity index (χ0) is 12.2. The second-order valence-corrected chi connectivity index (χ2v) is 6.33. The molecule has 1 aliphatic heterocycles. The molecule has 2 aliphatic carbocycles. The van der Waals surface area contributed by atoms with E-state index in [0.29, 0.717) is 11.3 Å². The number of ether oxygens (including phenoxy) is 1. The minimum Gasteiger partial charge on any atom is -0.493 e. The molecule has 1 N–H and O–H groups in total. The largest absolute Gasteiger partial charge is 0.493 e. The van der Waals surface area contributed by atoms with Crippen molar-refractivity contribution >= 4 is 0 Å². The second kappa shape index (κ2) is 3.74. The van der Waals surface area contributed by atoms with Crippen LogP contribution in [0.3, 0.4) is 0 Å². The van der Waals surface area contributed by atoms with Crippen LogP contribution in [0, 0.1) is 11.8 Å². The van der Waals surface area contributed by atoms with Crippen LogP contribution >= 0.6 is 0 Å². The summed E-state index contributed by atoms with van der Waals surface area (Å²) in [4.78, 5) is 0. The Bertz CT molecular complexity index is 468. The number of para-hydroxylation sites is 1. The van der Waals surface area contributed by atoms with Crippen LogP contribution < -0.4 is 10.1 Å². The van der Waals surface area contributed by atoms with Crippen LogP contribution in [0.1, 0.15) is 31.7 Å². The second-order valence-electron chi connectivity index (χ2n) is 6.33. The topological polar surface area (TPSA) is 21.3 Å². The molecule has 18 heavy (non-hydrogen) atoms. The molecule has 1 aromatic carbocycles. The van der Waals surface area contributed by atoms with E-state index in [-0.39, 0.29) is 0 Å². The van der Waals surface area contributed by atoms with Gasteiger partial charge < -0.3 is 10.1 Å². The third kappa shape index (κ3) is 1.51. The van der Waals surface area contributed by atoms with Gasteiger partial charge in [0.25, 0.3) is 0 Å². The highest BCUT2D eigenvalue weighted by molar-refractivity contribution is 5.47. The van der Waals surface area contributed by atoms with Crippen LogP contribution in [0.2, 0.25) is 0 Å². The summed E-state index contributed by atoms with van der Waals surface area (Å²) in [5, 5.41) is 3.70. The van der Waals surface area contributed by atoms with Gasteiger partial charge in [0.2, 0.25) is 0 Å². The molecule has 3 atom stereocenters. The Morgan fingerprint density at radius 3 is 3.00 bits per heavy atom. The number of hydrogen-bond acceptors (Lipinski definition) is 2. The fourth-order valence-corrected chi connectivity index (χ4v) is 3.74. The normalized spacial score (nSPS) is 37.2. The first-order chi connectivity index (χ1) is 8.80. The summed E-state index contributed by atoms with van der Waals surface area (Å²) in [6.45, 7) is 4.44. The maximum Gasteiger partial charge on any atom is 0.123 e. The van der Waals surface area contributed by atoms with E-state index < -0.39 is 0 Å². The first kappa shape index (κ1) is 10.9. The average Bonchev–Trinajstić information content (AvgIpc) is 3.28. The molecule has 0 saturated heterocycles. The molecule has 1 spiro atoms. The van der Waals surface area contributed by atoms with Gasteiger partial charge in [-0.1, -0.05) is 25.1 Å². The van der Waals surface area contributed by atoms with Crippen molar-refractivity contribution < 1.29 is 4.74 Å². The predicted molar refractivity (Wildman–Crippen MR) is 71.9 cm³/mol. The number of nitrogens with one attached hydrogen (secondary N) is 1. The van der Waals surface area contributed by atoms with Crippen molar-refractivity contribution in [1.29, 1.82) is 0 Å². The molecule has 4 rings (SSSR count). The lowest BCUT2D eigenvalue weighted by molar-refractivity contribution is 0.186. The predicted octanol–water partition coefficient (Wildman–Crippen LogP) is 2.72. The van der Waals surface area contributed by atoms with Crippen LogP contribution in [-0.4, -0.2) is 19.2 Å². The van der Waals surface area contributed by atoms with E-state index in [2.05, 4.69) is 36.5 Å². The van der Waals surface area contributed by atoms with E-state index in [1.807, 2.05) is 0 Å². The summed E-state index contributed by atoms with van der Waals surface area (Å²) in [6.07, 6.45) is 4.11. The van der Waals surface area contributed by atoms with Crippen molar-refractivity contribution in [2.75, 3.05) is 13.2 Å². The highest BCUT2D eigenvalue weighted by Crippen LogP contribution is 2.62. The van der Waals surface area contributed by atoms with Crippen LogP contribution in [0.4, 0.5) is 0 Å². The first-order valence-corrected chi connectivity index (χ1v) is 7.26. The summed E-state index contributed by atoms with van der Waals surface area (Å²) >= 11 is 0. The monoisotopic (exact) mass is 243 g/mol. The smallest absolute Gasteiger partial charge is 0.123 e. The molecule has 1 aromatic rings. The van der Waals surface area contributed by atoms with Crippen molar-refractivity contribution in [1.82, 2.24) is 5.32 Å². The minimum atomic E-state index is 0.413. The molecule has 2 saturated carbocycles. The first-order valence-electron chi connectivity index (χ1n) is 7.26. The third-order valence-corrected chi connectivity index (χ3v) is 5.14. The lowest BCUT2D eigenvalue weighted by atomic mass is 9.80. The molecular formula is C16H21NO. The van der Waals surface area contributed by atoms with E-state index in [0.717, 1.165) is 24.3 Å². The van der Waals surface area contributed by atoms with Gasteiger partial charge >= 0.3 is 0 Å². The van der Waals surface area contributed by atoms with E-state index in [4.69, 9.17) is 4.74 Å². The fraction of sp³-hybridized carbons (Fsp3) is 0.625. The van der Waals surface area contributed by atoms with E-state index in [1.54, 1.807) is 0 Å². The molecule has 96 valence electrons. The van der Waals surface area contributed by atoms with Crippen molar-refractivity contribution in [2.45, 2.75) is 37.6 Å². The molecule has 2 heteroatoms. The van der Waals surface area contributed by atoms with Crippen molar-refractivity contribution in [3.63, 3.8) is 0 Å². The molecular weight excluding hydrogens is 222 g/mol. The Morgan fingerprint density at radius 1 is 1.33 bits per heavy atom. The molecule has 3 aliphatic rings. The number of fused-ring (bicyclic) bond motifs is 2. The summed E-state index contributed by atoms with van der Waals surface area (Å²) in [7, 11) is 0. The van der Waals surface area contributed by atoms with Crippen LogP contribution in [0.5, 0.6) is 5.75 Å².